The van der Waals surface area contributed by atoms with Crippen LogP contribution in [0.15, 0.2) is 17.8 Å². The molecule has 0 unspecified atom stereocenters. The summed E-state index contributed by atoms with van der Waals surface area (Å²) in [6, 6.07) is 0. The molecule has 0 saturated heterocycles. The van der Waals surface area contributed by atoms with Gasteiger partial charge in [-0.15, -0.1) is 0 Å². The van der Waals surface area contributed by atoms with E-state index in [1.807, 2.05) is 0 Å². The number of nitrogens with two attached hydrogens (primary N) is 2. The molecule has 4 N–H and O–H groups in total. The Labute approximate surface area is 63.4 Å². The molecule has 0 spiro atoms. The highest BCUT2D eigenvalue weighted by molar-refractivity contribution is 5.75. The van der Waals surface area contributed by atoms with E-state index >= 15 is 0 Å². The van der Waals surface area contributed by atoms with Gasteiger partial charge in [0.15, 0.2) is 0 Å². The highest BCUT2D eigenvalue weighted by Gasteiger charge is 2.00. The van der Waals surface area contributed by atoms with Crippen LogP contribution < -0.4 is 11.5 Å². The van der Waals surface area contributed by atoms with Crippen LogP contribution in [-0.2, 0) is 9.57 Å². The average Bonchev–Trinajstić information content (AvgIpc) is 1.97. The molecule has 0 amide bonds. The van der Waals surface area contributed by atoms with E-state index in [0.717, 1.165) is 0 Å². The fourth-order valence-electron chi connectivity index (χ4n) is 0.243. The summed E-state index contributed by atoms with van der Waals surface area (Å²) in [5, 5.41) is 2.94. The van der Waals surface area contributed by atoms with E-state index in [2.05, 4.69) is 21.3 Å². The first-order valence-electron chi connectivity index (χ1n) is 2.70. The van der Waals surface area contributed by atoms with Crippen molar-refractivity contribution >= 4 is 12.1 Å². The summed E-state index contributed by atoms with van der Waals surface area (Å²) in [5.74, 6) is -0.347. The number of guanidine groups is 1. The molecule has 0 heterocycles. The van der Waals surface area contributed by atoms with Crippen molar-refractivity contribution in [2.45, 2.75) is 0 Å². The van der Waals surface area contributed by atoms with Gasteiger partial charge >= 0.3 is 6.16 Å². The lowest BCUT2D eigenvalue weighted by atomic mass is 10.7. The Bertz CT molecular complexity index is 174. The Kier molecular flexibility index (Phi) is 4.30. The maximum atomic E-state index is 10.4. The van der Waals surface area contributed by atoms with Crippen molar-refractivity contribution in [3.8, 4) is 0 Å². The van der Waals surface area contributed by atoms with Gasteiger partial charge in [-0.1, -0.05) is 12.7 Å². The van der Waals surface area contributed by atoms with Crippen LogP contribution in [0.25, 0.3) is 0 Å². The predicted octanol–water partition coefficient (Wildman–Crippen LogP) is -0.486. The molecule has 0 radical (unpaired) electrons. The van der Waals surface area contributed by atoms with Crippen molar-refractivity contribution in [3.63, 3.8) is 0 Å². The van der Waals surface area contributed by atoms with Crippen LogP contribution in [0.4, 0.5) is 4.79 Å². The summed E-state index contributed by atoms with van der Waals surface area (Å²) >= 11 is 0. The van der Waals surface area contributed by atoms with Crippen LogP contribution in [0.5, 0.6) is 0 Å². The third-order valence-corrected chi connectivity index (χ3v) is 0.545. The normalized spacial score (nSPS) is 8.00. The SMILES string of the molecule is C=CCOC(=O)ON=C(N)N. The Balaban J connectivity index is 3.53. The van der Waals surface area contributed by atoms with Gasteiger partial charge in [-0.3, -0.25) is 4.84 Å². The van der Waals surface area contributed by atoms with Crippen LogP contribution in [0.1, 0.15) is 0 Å². The zero-order valence-corrected chi connectivity index (χ0v) is 5.82. The number of ether oxygens (including phenoxy) is 1. The Morgan fingerprint density at radius 1 is 1.64 bits per heavy atom. The first-order valence-corrected chi connectivity index (χ1v) is 2.70. The lowest BCUT2D eigenvalue weighted by molar-refractivity contribution is 0.0654. The molecule has 0 aromatic heterocycles. The molecule has 0 bridgehead atoms. The zero-order chi connectivity index (χ0) is 8.69. The number of carbonyl (C=O) groups is 1. The molecule has 0 saturated carbocycles. The van der Waals surface area contributed by atoms with E-state index in [4.69, 9.17) is 11.5 Å². The van der Waals surface area contributed by atoms with E-state index in [9.17, 15) is 4.79 Å². The van der Waals surface area contributed by atoms with Gasteiger partial charge in [0.25, 0.3) is 0 Å². The van der Waals surface area contributed by atoms with E-state index in [0.29, 0.717) is 0 Å². The van der Waals surface area contributed by atoms with Crippen molar-refractivity contribution < 1.29 is 14.4 Å². The molecular formula is C5H9N3O3. The number of oxime groups is 1. The average molecular weight is 159 g/mol. The van der Waals surface area contributed by atoms with Crippen LogP contribution in [0.3, 0.4) is 0 Å². The summed E-state index contributed by atoms with van der Waals surface area (Å²) in [6.07, 6.45) is 0.412. The number of rotatable bonds is 3. The number of carbonyl (C=O) groups excluding carboxylic acids is 1. The van der Waals surface area contributed by atoms with E-state index in [1.54, 1.807) is 0 Å². The Morgan fingerprint density at radius 2 is 2.27 bits per heavy atom. The van der Waals surface area contributed by atoms with Crippen molar-refractivity contribution in [2.24, 2.45) is 16.6 Å². The monoisotopic (exact) mass is 159 g/mol. The Morgan fingerprint density at radius 3 is 2.73 bits per heavy atom. The third kappa shape index (κ3) is 6.16. The summed E-state index contributed by atoms with van der Waals surface area (Å²) in [6.45, 7) is 3.36. The minimum absolute atomic E-state index is 0.0544. The zero-order valence-electron chi connectivity index (χ0n) is 5.82. The fraction of sp³-hybridized carbons (Fsp3) is 0.200. The maximum absolute atomic E-state index is 10.4. The maximum Gasteiger partial charge on any atom is 0.535 e. The second-order valence-corrected chi connectivity index (χ2v) is 1.46. The first-order chi connectivity index (χ1) is 5.16. The van der Waals surface area contributed by atoms with Crippen molar-refractivity contribution in [3.05, 3.63) is 12.7 Å². The largest absolute Gasteiger partial charge is 0.535 e. The van der Waals surface area contributed by atoms with Gasteiger partial charge < -0.3 is 16.2 Å². The second-order valence-electron chi connectivity index (χ2n) is 1.46. The first kappa shape index (κ1) is 9.28. The van der Waals surface area contributed by atoms with Crippen LogP contribution in [-0.4, -0.2) is 18.7 Å². The van der Waals surface area contributed by atoms with Gasteiger partial charge in [0, 0.05) is 0 Å². The smallest absolute Gasteiger partial charge is 0.428 e. The molecule has 62 valence electrons. The van der Waals surface area contributed by atoms with Crippen molar-refractivity contribution in [1.29, 1.82) is 0 Å². The molecule has 0 aliphatic heterocycles. The standard InChI is InChI=1S/C5H9N3O3/c1-2-3-10-5(9)11-8-4(6)7/h2H,1,3H2,(H4,6,7,8). The molecule has 0 aliphatic carbocycles. The number of nitrogens with zero attached hydrogens (tertiary/aromatic N) is 1. The van der Waals surface area contributed by atoms with Crippen LogP contribution in [0, 0.1) is 0 Å². The Hall–Kier alpha value is -1.72. The van der Waals surface area contributed by atoms with Crippen molar-refractivity contribution in [1.82, 2.24) is 0 Å². The fourth-order valence-corrected chi connectivity index (χ4v) is 0.243. The molecule has 6 heteroatoms. The molecule has 0 atom stereocenters. The lowest BCUT2D eigenvalue weighted by Crippen LogP contribution is -2.23. The predicted molar refractivity (Wildman–Crippen MR) is 38.4 cm³/mol. The topological polar surface area (TPSA) is 99.9 Å². The van der Waals surface area contributed by atoms with Crippen LogP contribution >= 0.6 is 0 Å². The van der Waals surface area contributed by atoms with E-state index < -0.39 is 6.16 Å². The number of hydrogen-bond acceptors (Lipinski definition) is 4. The van der Waals surface area contributed by atoms with Gasteiger partial charge in [0.1, 0.15) is 6.61 Å². The summed E-state index contributed by atoms with van der Waals surface area (Å²) in [4.78, 5) is 14.4. The van der Waals surface area contributed by atoms with Gasteiger partial charge in [-0.25, -0.2) is 4.79 Å². The van der Waals surface area contributed by atoms with Crippen molar-refractivity contribution in [2.75, 3.05) is 6.61 Å². The van der Waals surface area contributed by atoms with Gasteiger partial charge in [-0.2, -0.15) is 0 Å². The van der Waals surface area contributed by atoms with Gasteiger partial charge in [-0.05, 0) is 5.16 Å². The highest BCUT2D eigenvalue weighted by atomic mass is 16.8. The molecule has 11 heavy (non-hydrogen) atoms. The minimum Gasteiger partial charge on any atom is -0.428 e. The second kappa shape index (κ2) is 5.10. The summed E-state index contributed by atoms with van der Waals surface area (Å²) in [7, 11) is 0. The lowest BCUT2D eigenvalue weighted by Gasteiger charge is -1.96. The molecular weight excluding hydrogens is 150 g/mol. The van der Waals surface area contributed by atoms with Gasteiger partial charge in [0.05, 0.1) is 0 Å². The van der Waals surface area contributed by atoms with E-state index in [1.165, 1.54) is 6.08 Å². The van der Waals surface area contributed by atoms with Gasteiger partial charge in [0.2, 0.25) is 5.96 Å². The molecule has 0 rings (SSSR count). The summed E-state index contributed by atoms with van der Waals surface area (Å²) < 4.78 is 4.34. The molecule has 0 fully saturated rings. The molecule has 6 nitrogen and oxygen atoms in total. The molecule has 0 aromatic carbocycles. The quantitative estimate of drug-likeness (QED) is 0.144. The highest BCUT2D eigenvalue weighted by Crippen LogP contribution is 1.84. The summed E-state index contributed by atoms with van der Waals surface area (Å²) in [5.41, 5.74) is 9.69. The molecule has 0 aromatic rings. The number of hydrogen-bond donors (Lipinski definition) is 2. The molecule has 0 aliphatic rings. The third-order valence-electron chi connectivity index (χ3n) is 0.545. The minimum atomic E-state index is -0.974. The van der Waals surface area contributed by atoms with Crippen LogP contribution in [0.2, 0.25) is 0 Å². The van der Waals surface area contributed by atoms with E-state index in [-0.39, 0.29) is 12.6 Å².